The molecule has 1 N–H and O–H groups in total. The largest absolute Gasteiger partial charge is 0.355 e. The second-order valence-corrected chi connectivity index (χ2v) is 7.07. The molecule has 1 aliphatic rings. The van der Waals surface area contributed by atoms with Crippen molar-refractivity contribution in [3.05, 3.63) is 35.2 Å². The van der Waals surface area contributed by atoms with E-state index in [9.17, 15) is 9.59 Å². The Morgan fingerprint density at radius 3 is 2.57 bits per heavy atom. The first-order valence-electron chi connectivity index (χ1n) is 9.40. The molecule has 1 aliphatic heterocycles. The number of amides is 2. The standard InChI is InChI=1S/C19H24ClN5O3/c1-2-21-16(26)13-24-9-11-25(12-10-24)18(27)8-7-17-22-19(23-28-17)14-3-5-15(20)6-4-14/h3-6H,2,7-13H2,1H3,(H,21,26). The van der Waals surface area contributed by atoms with Crippen molar-refractivity contribution in [1.82, 2.24) is 25.3 Å². The topological polar surface area (TPSA) is 91.6 Å². The number of aromatic nitrogens is 2. The Bertz CT molecular complexity index is 800. The summed E-state index contributed by atoms with van der Waals surface area (Å²) in [7, 11) is 0. The lowest BCUT2D eigenvalue weighted by atomic mass is 10.2. The smallest absolute Gasteiger partial charge is 0.234 e. The van der Waals surface area contributed by atoms with E-state index in [0.29, 0.717) is 68.8 Å². The van der Waals surface area contributed by atoms with E-state index >= 15 is 0 Å². The highest BCUT2D eigenvalue weighted by Gasteiger charge is 2.22. The lowest BCUT2D eigenvalue weighted by molar-refractivity contribution is -0.133. The molecule has 150 valence electrons. The van der Waals surface area contributed by atoms with Crippen molar-refractivity contribution in [3.8, 4) is 11.4 Å². The van der Waals surface area contributed by atoms with Crippen LogP contribution in [-0.4, -0.2) is 71.0 Å². The molecule has 0 saturated carbocycles. The molecule has 0 radical (unpaired) electrons. The van der Waals surface area contributed by atoms with Gasteiger partial charge in [0.2, 0.25) is 23.5 Å². The lowest BCUT2D eigenvalue weighted by Crippen LogP contribution is -2.51. The Balaban J connectivity index is 1.44. The maximum absolute atomic E-state index is 12.4. The zero-order chi connectivity index (χ0) is 19.9. The normalized spacial score (nSPS) is 14.9. The van der Waals surface area contributed by atoms with Crippen molar-refractivity contribution in [3.63, 3.8) is 0 Å². The molecule has 0 unspecified atom stereocenters. The number of halogens is 1. The summed E-state index contributed by atoms with van der Waals surface area (Å²) in [5.74, 6) is 1.00. The van der Waals surface area contributed by atoms with Gasteiger partial charge in [-0.3, -0.25) is 14.5 Å². The van der Waals surface area contributed by atoms with Gasteiger partial charge in [0, 0.05) is 56.2 Å². The SMILES string of the molecule is CCNC(=O)CN1CCN(C(=O)CCc2nc(-c3ccc(Cl)cc3)no2)CC1. The van der Waals surface area contributed by atoms with Crippen molar-refractivity contribution >= 4 is 23.4 Å². The second-order valence-electron chi connectivity index (χ2n) is 6.63. The maximum atomic E-state index is 12.4. The van der Waals surface area contributed by atoms with Crippen LogP contribution in [0.15, 0.2) is 28.8 Å². The molecule has 0 bridgehead atoms. The number of rotatable bonds is 7. The predicted octanol–water partition coefficient (Wildman–Crippen LogP) is 1.60. The van der Waals surface area contributed by atoms with E-state index in [4.69, 9.17) is 16.1 Å². The number of likely N-dealkylation sites (N-methyl/N-ethyl adjacent to an activating group) is 1. The third-order valence-electron chi connectivity index (χ3n) is 4.59. The van der Waals surface area contributed by atoms with Crippen LogP contribution in [0.25, 0.3) is 11.4 Å². The Morgan fingerprint density at radius 1 is 1.18 bits per heavy atom. The highest BCUT2D eigenvalue weighted by Crippen LogP contribution is 2.19. The Kier molecular flexibility index (Phi) is 7.00. The van der Waals surface area contributed by atoms with Crippen LogP contribution < -0.4 is 5.32 Å². The van der Waals surface area contributed by atoms with E-state index in [-0.39, 0.29) is 11.8 Å². The predicted molar refractivity (Wildman–Crippen MR) is 105 cm³/mol. The fourth-order valence-corrected chi connectivity index (χ4v) is 3.18. The van der Waals surface area contributed by atoms with Crippen molar-refractivity contribution in [2.24, 2.45) is 0 Å². The van der Waals surface area contributed by atoms with Gasteiger partial charge in [0.1, 0.15) is 0 Å². The van der Waals surface area contributed by atoms with Crippen LogP contribution >= 0.6 is 11.6 Å². The number of nitrogens with zero attached hydrogens (tertiary/aromatic N) is 4. The summed E-state index contributed by atoms with van der Waals surface area (Å²) in [6.45, 7) is 5.55. The monoisotopic (exact) mass is 405 g/mol. The molecule has 2 amide bonds. The van der Waals surface area contributed by atoms with Gasteiger partial charge in [-0.05, 0) is 31.2 Å². The van der Waals surface area contributed by atoms with Gasteiger partial charge in [-0.15, -0.1) is 0 Å². The molecular formula is C19H24ClN5O3. The van der Waals surface area contributed by atoms with Crippen LogP contribution in [0.1, 0.15) is 19.2 Å². The lowest BCUT2D eigenvalue weighted by Gasteiger charge is -2.34. The van der Waals surface area contributed by atoms with Crippen LogP contribution in [0.2, 0.25) is 5.02 Å². The summed E-state index contributed by atoms with van der Waals surface area (Å²) >= 11 is 5.88. The van der Waals surface area contributed by atoms with Crippen LogP contribution in [0.5, 0.6) is 0 Å². The first-order valence-corrected chi connectivity index (χ1v) is 9.78. The fourth-order valence-electron chi connectivity index (χ4n) is 3.06. The van der Waals surface area contributed by atoms with Gasteiger partial charge in [0.15, 0.2) is 0 Å². The van der Waals surface area contributed by atoms with Crippen LogP contribution in [0, 0.1) is 0 Å². The minimum atomic E-state index is 0.0233. The number of carbonyl (C=O) groups is 2. The molecule has 8 nitrogen and oxygen atoms in total. The molecule has 2 heterocycles. The van der Waals surface area contributed by atoms with Gasteiger partial charge >= 0.3 is 0 Å². The molecular weight excluding hydrogens is 382 g/mol. The molecule has 3 rings (SSSR count). The molecule has 9 heteroatoms. The molecule has 1 fully saturated rings. The first kappa shape index (κ1) is 20.3. The van der Waals surface area contributed by atoms with E-state index in [1.165, 1.54) is 0 Å². The fraction of sp³-hybridized carbons (Fsp3) is 0.474. The van der Waals surface area contributed by atoms with Crippen molar-refractivity contribution in [2.75, 3.05) is 39.3 Å². The molecule has 1 saturated heterocycles. The quantitative estimate of drug-likeness (QED) is 0.752. The third-order valence-corrected chi connectivity index (χ3v) is 4.84. The highest BCUT2D eigenvalue weighted by atomic mass is 35.5. The average molecular weight is 406 g/mol. The first-order chi connectivity index (χ1) is 13.5. The van der Waals surface area contributed by atoms with E-state index in [0.717, 1.165) is 5.56 Å². The minimum absolute atomic E-state index is 0.0233. The molecule has 1 aromatic heterocycles. The number of benzene rings is 1. The minimum Gasteiger partial charge on any atom is -0.355 e. The van der Waals surface area contributed by atoms with Gasteiger partial charge in [-0.1, -0.05) is 16.8 Å². The zero-order valence-corrected chi connectivity index (χ0v) is 16.6. The molecule has 0 atom stereocenters. The summed E-state index contributed by atoms with van der Waals surface area (Å²) in [5.41, 5.74) is 0.814. The van der Waals surface area contributed by atoms with E-state index in [1.807, 2.05) is 24.0 Å². The number of hydrogen-bond acceptors (Lipinski definition) is 6. The van der Waals surface area contributed by atoms with Gasteiger partial charge in [-0.2, -0.15) is 4.98 Å². The van der Waals surface area contributed by atoms with Gasteiger partial charge in [-0.25, -0.2) is 0 Å². The van der Waals surface area contributed by atoms with Crippen LogP contribution in [0.4, 0.5) is 0 Å². The van der Waals surface area contributed by atoms with Crippen LogP contribution in [0.3, 0.4) is 0 Å². The Labute approximate surface area is 168 Å². The van der Waals surface area contributed by atoms with Gasteiger partial charge < -0.3 is 14.7 Å². The summed E-state index contributed by atoms with van der Waals surface area (Å²) in [6.07, 6.45) is 0.719. The number of nitrogens with one attached hydrogen (secondary N) is 1. The number of piperazine rings is 1. The maximum Gasteiger partial charge on any atom is 0.234 e. The number of carbonyl (C=O) groups excluding carboxylic acids is 2. The third kappa shape index (κ3) is 5.53. The number of hydrogen-bond donors (Lipinski definition) is 1. The number of aryl methyl sites for hydroxylation is 1. The van der Waals surface area contributed by atoms with Crippen molar-refractivity contribution in [2.45, 2.75) is 19.8 Å². The van der Waals surface area contributed by atoms with Gasteiger partial charge in [0.05, 0.1) is 6.54 Å². The molecule has 0 aliphatic carbocycles. The molecule has 2 aromatic rings. The van der Waals surface area contributed by atoms with Crippen molar-refractivity contribution < 1.29 is 14.1 Å². The Hall–Kier alpha value is -2.45. The highest BCUT2D eigenvalue weighted by molar-refractivity contribution is 6.30. The van der Waals surface area contributed by atoms with E-state index in [1.54, 1.807) is 12.1 Å². The summed E-state index contributed by atoms with van der Waals surface area (Å²) in [4.78, 5) is 32.3. The zero-order valence-electron chi connectivity index (χ0n) is 15.9. The Morgan fingerprint density at radius 2 is 1.89 bits per heavy atom. The summed E-state index contributed by atoms with van der Waals surface area (Å²) in [5, 5.41) is 7.39. The second kappa shape index (κ2) is 9.66. The molecule has 28 heavy (non-hydrogen) atoms. The summed E-state index contributed by atoms with van der Waals surface area (Å²) in [6, 6.07) is 7.18. The van der Waals surface area contributed by atoms with Crippen LogP contribution in [-0.2, 0) is 16.0 Å². The van der Waals surface area contributed by atoms with E-state index in [2.05, 4.69) is 20.4 Å². The molecule has 0 spiro atoms. The average Bonchev–Trinajstić information content (AvgIpc) is 3.16. The van der Waals surface area contributed by atoms with E-state index < -0.39 is 0 Å². The van der Waals surface area contributed by atoms with Crippen molar-refractivity contribution in [1.29, 1.82) is 0 Å². The van der Waals surface area contributed by atoms with Gasteiger partial charge in [0.25, 0.3) is 0 Å². The molecule has 1 aromatic carbocycles. The summed E-state index contributed by atoms with van der Waals surface area (Å²) < 4.78 is 5.25.